The van der Waals surface area contributed by atoms with Gasteiger partial charge in [-0.25, -0.2) is 0 Å². The van der Waals surface area contributed by atoms with E-state index >= 15 is 0 Å². The van der Waals surface area contributed by atoms with Gasteiger partial charge in [-0.05, 0) is 6.92 Å². The van der Waals surface area contributed by atoms with Gasteiger partial charge < -0.3 is 74.7 Å². The standard InChI is InChI=1S/C18H32O15/c1-4-7(21)10(24)12(26)17(29-4)32-14-9(23)6(3-20)30-16(28)15(14)33-18-13(27)11(25)8(22)5(2-19)31-18/h4-28H,2-3H2,1H3/t4-,5+,6+,7-,8+,9-,10+,11-,12+,13+,14-,15+,16?,17-,18-/m0/s1. The predicted molar refractivity (Wildman–Crippen MR) is 99.8 cm³/mol. The zero-order valence-electron chi connectivity index (χ0n) is 17.6. The van der Waals surface area contributed by atoms with Crippen molar-refractivity contribution in [2.45, 2.75) is 99.0 Å². The van der Waals surface area contributed by atoms with E-state index in [2.05, 4.69) is 0 Å². The van der Waals surface area contributed by atoms with Crippen molar-refractivity contribution in [1.29, 1.82) is 0 Å². The van der Waals surface area contributed by atoms with Crippen LogP contribution in [0.25, 0.3) is 0 Å². The van der Waals surface area contributed by atoms with Crippen LogP contribution in [0.4, 0.5) is 0 Å². The summed E-state index contributed by atoms with van der Waals surface area (Å²) in [6, 6.07) is 0. The Labute approximate surface area is 187 Å². The van der Waals surface area contributed by atoms with Crippen LogP contribution in [0, 0.1) is 0 Å². The van der Waals surface area contributed by atoms with Gasteiger partial charge in [0.1, 0.15) is 67.1 Å². The predicted octanol–water partition coefficient (Wildman–Crippen LogP) is -6.55. The maximum atomic E-state index is 10.6. The third-order valence-corrected chi connectivity index (χ3v) is 6.06. The maximum absolute atomic E-state index is 10.6. The molecule has 3 aliphatic heterocycles. The van der Waals surface area contributed by atoms with Gasteiger partial charge in [0.15, 0.2) is 18.9 Å². The van der Waals surface area contributed by atoms with E-state index in [0.717, 1.165) is 0 Å². The lowest BCUT2D eigenvalue weighted by Crippen LogP contribution is -2.66. The molecule has 0 spiro atoms. The minimum Gasteiger partial charge on any atom is -0.394 e. The van der Waals surface area contributed by atoms with Crippen LogP contribution in [0.5, 0.6) is 0 Å². The van der Waals surface area contributed by atoms with E-state index in [1.54, 1.807) is 0 Å². The summed E-state index contributed by atoms with van der Waals surface area (Å²) < 4.78 is 26.7. The Morgan fingerprint density at radius 3 is 1.61 bits per heavy atom. The summed E-state index contributed by atoms with van der Waals surface area (Å²) in [4.78, 5) is 0. The van der Waals surface area contributed by atoms with E-state index in [0.29, 0.717) is 0 Å². The van der Waals surface area contributed by atoms with Crippen LogP contribution < -0.4 is 0 Å². The average molecular weight is 488 g/mol. The SMILES string of the molecule is C[C@@H]1O[C@@H](O[C@H]2[C@@H](O)[C@@H](CO)OC(O)[C@@H]2O[C@@H]2O[C@H](CO)[C@@H](O)[C@H](O)[C@H]2O)[C@H](O)[C@H](O)[C@H]1O. The molecule has 0 saturated carbocycles. The van der Waals surface area contributed by atoms with Crippen LogP contribution in [0.15, 0.2) is 0 Å². The molecule has 33 heavy (non-hydrogen) atoms. The zero-order valence-corrected chi connectivity index (χ0v) is 17.6. The van der Waals surface area contributed by atoms with E-state index in [4.69, 9.17) is 23.7 Å². The minimum atomic E-state index is -1.89. The van der Waals surface area contributed by atoms with Crippen molar-refractivity contribution in [2.24, 2.45) is 0 Å². The average Bonchev–Trinajstić information content (AvgIpc) is 2.79. The highest BCUT2D eigenvalue weighted by atomic mass is 16.8. The molecule has 0 radical (unpaired) electrons. The van der Waals surface area contributed by atoms with E-state index in [1.807, 2.05) is 0 Å². The highest BCUT2D eigenvalue weighted by molar-refractivity contribution is 4.95. The molecule has 0 aromatic carbocycles. The Bertz CT molecular complexity index is 624. The maximum Gasteiger partial charge on any atom is 0.187 e. The molecule has 10 N–H and O–H groups in total. The van der Waals surface area contributed by atoms with Gasteiger partial charge >= 0.3 is 0 Å². The quantitative estimate of drug-likeness (QED) is 0.167. The molecule has 3 aliphatic rings. The van der Waals surface area contributed by atoms with Gasteiger partial charge in [0.05, 0.1) is 19.3 Å². The second-order valence-electron chi connectivity index (χ2n) is 8.32. The van der Waals surface area contributed by atoms with Crippen molar-refractivity contribution in [3.63, 3.8) is 0 Å². The number of hydrogen-bond acceptors (Lipinski definition) is 15. The van der Waals surface area contributed by atoms with Gasteiger partial charge in [-0.3, -0.25) is 0 Å². The minimum absolute atomic E-state index is 0.746. The zero-order chi connectivity index (χ0) is 24.6. The number of hydrogen-bond donors (Lipinski definition) is 10. The Balaban J connectivity index is 1.82. The molecule has 194 valence electrons. The van der Waals surface area contributed by atoms with Crippen molar-refractivity contribution in [2.75, 3.05) is 13.2 Å². The van der Waals surface area contributed by atoms with Crippen LogP contribution in [0.1, 0.15) is 6.92 Å². The smallest absolute Gasteiger partial charge is 0.187 e. The summed E-state index contributed by atoms with van der Waals surface area (Å²) in [5, 5.41) is 100.0. The van der Waals surface area contributed by atoms with Crippen LogP contribution >= 0.6 is 0 Å². The summed E-state index contributed by atoms with van der Waals surface area (Å²) in [6.07, 6.45) is -24.1. The third-order valence-electron chi connectivity index (χ3n) is 6.06. The van der Waals surface area contributed by atoms with Crippen LogP contribution in [-0.2, 0) is 23.7 Å². The molecule has 3 rings (SSSR count). The molecule has 0 aliphatic carbocycles. The Hall–Kier alpha value is -0.600. The monoisotopic (exact) mass is 488 g/mol. The highest BCUT2D eigenvalue weighted by Crippen LogP contribution is 2.32. The molecule has 0 amide bonds. The van der Waals surface area contributed by atoms with E-state index < -0.39 is 105 Å². The Morgan fingerprint density at radius 1 is 0.545 bits per heavy atom. The number of ether oxygens (including phenoxy) is 5. The first-order chi connectivity index (χ1) is 15.5. The lowest BCUT2D eigenvalue weighted by atomic mass is 9.96. The first kappa shape index (κ1) is 27.0. The summed E-state index contributed by atoms with van der Waals surface area (Å²) in [5.41, 5.74) is 0. The summed E-state index contributed by atoms with van der Waals surface area (Å²) in [5.74, 6) is 0. The fraction of sp³-hybridized carbons (Fsp3) is 1.00. The lowest BCUT2D eigenvalue weighted by molar-refractivity contribution is -0.386. The third kappa shape index (κ3) is 5.32. The van der Waals surface area contributed by atoms with Gasteiger partial charge in [-0.1, -0.05) is 0 Å². The van der Waals surface area contributed by atoms with Crippen LogP contribution in [0.2, 0.25) is 0 Å². The van der Waals surface area contributed by atoms with Gasteiger partial charge in [-0.15, -0.1) is 0 Å². The largest absolute Gasteiger partial charge is 0.394 e. The molecule has 3 saturated heterocycles. The Kier molecular flexibility index (Phi) is 8.99. The van der Waals surface area contributed by atoms with Crippen LogP contribution in [-0.4, -0.2) is 156 Å². The second kappa shape index (κ2) is 11.0. The first-order valence-corrected chi connectivity index (χ1v) is 10.4. The van der Waals surface area contributed by atoms with Crippen molar-refractivity contribution >= 4 is 0 Å². The molecule has 15 heteroatoms. The summed E-state index contributed by atoms with van der Waals surface area (Å²) in [7, 11) is 0. The number of aliphatic hydroxyl groups excluding tert-OH is 10. The Morgan fingerprint density at radius 2 is 1.03 bits per heavy atom. The fourth-order valence-electron chi connectivity index (χ4n) is 3.97. The number of rotatable bonds is 6. The highest BCUT2D eigenvalue weighted by Gasteiger charge is 2.53. The van der Waals surface area contributed by atoms with Crippen molar-refractivity contribution < 1.29 is 74.7 Å². The van der Waals surface area contributed by atoms with E-state index in [1.165, 1.54) is 6.92 Å². The van der Waals surface area contributed by atoms with Crippen molar-refractivity contribution in [1.82, 2.24) is 0 Å². The van der Waals surface area contributed by atoms with Gasteiger partial charge in [-0.2, -0.15) is 0 Å². The summed E-state index contributed by atoms with van der Waals surface area (Å²) >= 11 is 0. The lowest BCUT2D eigenvalue weighted by Gasteiger charge is -2.48. The second-order valence-corrected chi connectivity index (χ2v) is 8.32. The molecule has 0 aromatic rings. The van der Waals surface area contributed by atoms with E-state index in [9.17, 15) is 51.1 Å². The molecular weight excluding hydrogens is 456 g/mol. The molecule has 1 unspecified atom stereocenters. The normalized spacial score (nSPS) is 53.7. The molecule has 3 heterocycles. The fourth-order valence-corrected chi connectivity index (χ4v) is 3.97. The first-order valence-electron chi connectivity index (χ1n) is 10.4. The van der Waals surface area contributed by atoms with Crippen molar-refractivity contribution in [3.8, 4) is 0 Å². The molecule has 0 bridgehead atoms. The molecule has 3 fully saturated rings. The van der Waals surface area contributed by atoms with Gasteiger partial charge in [0.2, 0.25) is 0 Å². The van der Waals surface area contributed by atoms with Crippen molar-refractivity contribution in [3.05, 3.63) is 0 Å². The molecule has 15 nitrogen and oxygen atoms in total. The van der Waals surface area contributed by atoms with Gasteiger partial charge in [0.25, 0.3) is 0 Å². The number of aliphatic hydroxyl groups is 10. The molecular formula is C18H32O15. The van der Waals surface area contributed by atoms with E-state index in [-0.39, 0.29) is 0 Å². The topological polar surface area (TPSA) is 248 Å². The van der Waals surface area contributed by atoms with Crippen LogP contribution in [0.3, 0.4) is 0 Å². The molecule has 0 aromatic heterocycles. The summed E-state index contributed by atoms with van der Waals surface area (Å²) in [6.45, 7) is -0.107. The molecule has 15 atom stereocenters. The van der Waals surface area contributed by atoms with Gasteiger partial charge in [0, 0.05) is 0 Å².